The van der Waals surface area contributed by atoms with Crippen molar-refractivity contribution < 1.29 is 9.47 Å². The van der Waals surface area contributed by atoms with E-state index < -0.39 is 0 Å². The Labute approximate surface area is 139 Å². The molecule has 0 atom stereocenters. The first-order chi connectivity index (χ1) is 11.3. The van der Waals surface area contributed by atoms with Crippen LogP contribution in [-0.2, 0) is 0 Å². The monoisotopic (exact) mass is 329 g/mol. The Morgan fingerprint density at radius 2 is 2.17 bits per heavy atom. The van der Waals surface area contributed by atoms with Gasteiger partial charge in [-0.15, -0.1) is 0 Å². The molecule has 23 heavy (non-hydrogen) atoms. The van der Waals surface area contributed by atoms with Gasteiger partial charge in [0.05, 0.1) is 24.8 Å². The van der Waals surface area contributed by atoms with Gasteiger partial charge in [0.25, 0.3) is 0 Å². The van der Waals surface area contributed by atoms with Gasteiger partial charge in [0, 0.05) is 18.0 Å². The molecule has 0 radical (unpaired) electrons. The van der Waals surface area contributed by atoms with E-state index in [1.807, 2.05) is 42.1 Å². The van der Waals surface area contributed by atoms with Crippen LogP contribution in [0.3, 0.4) is 0 Å². The van der Waals surface area contributed by atoms with Crippen molar-refractivity contribution in [2.24, 2.45) is 0 Å². The summed E-state index contributed by atoms with van der Waals surface area (Å²) in [7, 11) is 1.65. The predicted molar refractivity (Wildman–Crippen MR) is 94.4 cm³/mol. The number of nitrogens with one attached hydrogen (secondary N) is 1. The molecule has 0 spiro atoms. The van der Waals surface area contributed by atoms with Crippen molar-refractivity contribution in [3.05, 3.63) is 36.5 Å². The lowest BCUT2D eigenvalue weighted by atomic mass is 10.2. The third-order valence-corrected chi connectivity index (χ3v) is 4.25. The van der Waals surface area contributed by atoms with Crippen LogP contribution in [0.1, 0.15) is 6.92 Å². The minimum Gasteiger partial charge on any atom is -0.496 e. The average molecular weight is 329 g/mol. The Hall–Kier alpha value is -2.21. The zero-order valence-corrected chi connectivity index (χ0v) is 14.0. The number of rotatable bonds is 7. The molecule has 0 aliphatic carbocycles. The molecule has 2 aromatic heterocycles. The lowest BCUT2D eigenvalue weighted by molar-refractivity contribution is 0.340. The van der Waals surface area contributed by atoms with E-state index in [-0.39, 0.29) is 0 Å². The molecular weight excluding hydrogens is 310 g/mol. The fraction of sp³-hybridized carbons (Fsp3) is 0.294. The summed E-state index contributed by atoms with van der Waals surface area (Å²) in [6, 6.07) is 9.63. The first kappa shape index (κ1) is 15.7. The number of aromatic amines is 1. The SMILES string of the molecule is CCSCCOc1ccc(-c2nc3ncccc3[nH]2)c(OC)c1. The van der Waals surface area contributed by atoms with Gasteiger partial charge in [-0.3, -0.25) is 0 Å². The van der Waals surface area contributed by atoms with Gasteiger partial charge in [0.2, 0.25) is 0 Å². The first-order valence-electron chi connectivity index (χ1n) is 7.51. The van der Waals surface area contributed by atoms with Crippen molar-refractivity contribution in [2.45, 2.75) is 6.92 Å². The Bertz CT molecular complexity index is 755. The van der Waals surface area contributed by atoms with E-state index in [0.29, 0.717) is 12.3 Å². The maximum atomic E-state index is 5.76. The molecule has 0 aliphatic rings. The molecule has 2 heterocycles. The Kier molecular flexibility index (Phi) is 5.02. The van der Waals surface area contributed by atoms with Gasteiger partial charge in [-0.1, -0.05) is 6.92 Å². The van der Waals surface area contributed by atoms with Gasteiger partial charge in [-0.2, -0.15) is 11.8 Å². The molecule has 0 amide bonds. The molecule has 3 rings (SSSR count). The quantitative estimate of drug-likeness (QED) is 0.669. The highest BCUT2D eigenvalue weighted by Gasteiger charge is 2.12. The van der Waals surface area contributed by atoms with E-state index in [4.69, 9.17) is 9.47 Å². The molecule has 120 valence electrons. The number of hydrogen-bond acceptors (Lipinski definition) is 5. The maximum absolute atomic E-state index is 5.76. The lowest BCUT2D eigenvalue weighted by Crippen LogP contribution is -2.01. The van der Waals surface area contributed by atoms with E-state index >= 15 is 0 Å². The van der Waals surface area contributed by atoms with Crippen LogP contribution in [0.5, 0.6) is 11.5 Å². The van der Waals surface area contributed by atoms with E-state index in [9.17, 15) is 0 Å². The molecule has 0 saturated carbocycles. The summed E-state index contributed by atoms with van der Waals surface area (Å²) in [5.74, 6) is 4.35. The molecule has 3 aromatic rings. The second kappa shape index (κ2) is 7.37. The van der Waals surface area contributed by atoms with Crippen LogP contribution in [0, 0.1) is 0 Å². The number of benzene rings is 1. The Morgan fingerprint density at radius 1 is 1.26 bits per heavy atom. The Balaban J connectivity index is 1.84. The van der Waals surface area contributed by atoms with Gasteiger partial charge in [0.1, 0.15) is 17.3 Å². The van der Waals surface area contributed by atoms with Crippen LogP contribution in [0.25, 0.3) is 22.6 Å². The zero-order valence-electron chi connectivity index (χ0n) is 13.2. The second-order valence-electron chi connectivity index (χ2n) is 4.87. The van der Waals surface area contributed by atoms with Crippen LogP contribution in [-0.4, -0.2) is 40.2 Å². The molecule has 1 N–H and O–H groups in total. The standard InChI is InChI=1S/C17H19N3O2S/c1-3-23-10-9-22-12-6-7-13(15(11-12)21-2)16-19-14-5-4-8-18-17(14)20-16/h4-8,11H,3,9-10H2,1-2H3,(H,18,19,20). The largest absolute Gasteiger partial charge is 0.496 e. The van der Waals surface area contributed by atoms with Crippen molar-refractivity contribution in [3.8, 4) is 22.9 Å². The molecule has 0 bridgehead atoms. The van der Waals surface area contributed by atoms with E-state index in [1.54, 1.807) is 13.3 Å². The van der Waals surface area contributed by atoms with Gasteiger partial charge < -0.3 is 14.5 Å². The number of thioether (sulfide) groups is 1. The summed E-state index contributed by atoms with van der Waals surface area (Å²) < 4.78 is 11.3. The number of H-pyrrole nitrogens is 1. The van der Waals surface area contributed by atoms with Crippen molar-refractivity contribution >= 4 is 22.9 Å². The number of methoxy groups -OCH3 is 1. The van der Waals surface area contributed by atoms with Crippen molar-refractivity contribution in [1.82, 2.24) is 15.0 Å². The molecule has 6 heteroatoms. The first-order valence-corrected chi connectivity index (χ1v) is 8.67. The van der Waals surface area contributed by atoms with Crippen molar-refractivity contribution in [2.75, 3.05) is 25.2 Å². The number of aromatic nitrogens is 3. The fourth-order valence-corrected chi connectivity index (χ4v) is 2.78. The molecule has 0 aliphatic heterocycles. The average Bonchev–Trinajstić information content (AvgIpc) is 3.02. The second-order valence-corrected chi connectivity index (χ2v) is 6.26. The summed E-state index contributed by atoms with van der Waals surface area (Å²) in [6.07, 6.45) is 1.73. The number of imidazole rings is 1. The van der Waals surface area contributed by atoms with Gasteiger partial charge in [0.15, 0.2) is 5.65 Å². The minimum atomic E-state index is 0.690. The maximum Gasteiger partial charge on any atom is 0.178 e. The third kappa shape index (κ3) is 3.59. The highest BCUT2D eigenvalue weighted by atomic mass is 32.2. The van der Waals surface area contributed by atoms with Crippen LogP contribution in [0.15, 0.2) is 36.5 Å². The molecule has 0 saturated heterocycles. The number of hydrogen-bond donors (Lipinski definition) is 1. The molecular formula is C17H19N3O2S. The number of nitrogens with zero attached hydrogens (tertiary/aromatic N) is 2. The molecule has 0 unspecified atom stereocenters. The third-order valence-electron chi connectivity index (χ3n) is 3.39. The Morgan fingerprint density at radius 3 is 2.96 bits per heavy atom. The van der Waals surface area contributed by atoms with Crippen LogP contribution in [0.4, 0.5) is 0 Å². The van der Waals surface area contributed by atoms with Crippen LogP contribution < -0.4 is 9.47 Å². The lowest BCUT2D eigenvalue weighted by Gasteiger charge is -2.10. The minimum absolute atomic E-state index is 0.690. The molecule has 0 fully saturated rings. The number of pyridine rings is 1. The van der Waals surface area contributed by atoms with Gasteiger partial charge >= 0.3 is 0 Å². The highest BCUT2D eigenvalue weighted by molar-refractivity contribution is 7.99. The summed E-state index contributed by atoms with van der Waals surface area (Å²) >= 11 is 1.86. The summed E-state index contributed by atoms with van der Waals surface area (Å²) in [5, 5.41) is 0. The summed E-state index contributed by atoms with van der Waals surface area (Å²) in [5.41, 5.74) is 2.49. The summed E-state index contributed by atoms with van der Waals surface area (Å²) in [4.78, 5) is 12.0. The predicted octanol–water partition coefficient (Wildman–Crippen LogP) is 3.77. The topological polar surface area (TPSA) is 60.0 Å². The van der Waals surface area contributed by atoms with Crippen molar-refractivity contribution in [1.29, 1.82) is 0 Å². The van der Waals surface area contributed by atoms with Crippen LogP contribution in [0.2, 0.25) is 0 Å². The number of fused-ring (bicyclic) bond motifs is 1. The smallest absolute Gasteiger partial charge is 0.178 e. The normalized spacial score (nSPS) is 10.9. The number of ether oxygens (including phenoxy) is 2. The molecule has 1 aromatic carbocycles. The van der Waals surface area contributed by atoms with E-state index in [1.165, 1.54) is 0 Å². The van der Waals surface area contributed by atoms with Crippen LogP contribution >= 0.6 is 11.8 Å². The van der Waals surface area contributed by atoms with E-state index in [0.717, 1.165) is 39.9 Å². The van der Waals surface area contributed by atoms with Gasteiger partial charge in [-0.25, -0.2) is 9.97 Å². The fourth-order valence-electron chi connectivity index (χ4n) is 2.29. The summed E-state index contributed by atoms with van der Waals surface area (Å²) in [6.45, 7) is 2.83. The van der Waals surface area contributed by atoms with E-state index in [2.05, 4.69) is 21.9 Å². The van der Waals surface area contributed by atoms with Gasteiger partial charge in [-0.05, 0) is 30.0 Å². The molecule has 5 nitrogen and oxygen atoms in total. The highest BCUT2D eigenvalue weighted by Crippen LogP contribution is 2.32. The van der Waals surface area contributed by atoms with Crippen molar-refractivity contribution in [3.63, 3.8) is 0 Å². The zero-order chi connectivity index (χ0) is 16.1.